The first-order chi connectivity index (χ1) is 6.77. The molecule has 0 aromatic carbocycles. The zero-order valence-corrected chi connectivity index (χ0v) is 14.3. The standard InChI is InChI=1S/C13H29FP2/c1-10(2,3)13(14,16)12(6,7)8-11(4,5)9-15/h8-9,15-16H2,1-7H3. The molecular formula is C13H29FP2. The van der Waals surface area contributed by atoms with E-state index in [9.17, 15) is 4.39 Å². The van der Waals surface area contributed by atoms with E-state index in [1.54, 1.807) is 0 Å². The molecule has 0 radical (unpaired) electrons. The molecule has 0 spiro atoms. The summed E-state index contributed by atoms with van der Waals surface area (Å²) < 4.78 is 15.0. The van der Waals surface area contributed by atoms with Gasteiger partial charge in [0.25, 0.3) is 0 Å². The van der Waals surface area contributed by atoms with Crippen LogP contribution in [0.3, 0.4) is 0 Å². The van der Waals surface area contributed by atoms with E-state index in [1.165, 1.54) is 0 Å². The van der Waals surface area contributed by atoms with Crippen molar-refractivity contribution in [3.8, 4) is 0 Å². The van der Waals surface area contributed by atoms with Crippen LogP contribution in [0.1, 0.15) is 54.9 Å². The van der Waals surface area contributed by atoms with Gasteiger partial charge in [-0.05, 0) is 23.4 Å². The lowest BCUT2D eigenvalue weighted by molar-refractivity contribution is -0.0167. The fourth-order valence-electron chi connectivity index (χ4n) is 2.41. The zero-order valence-electron chi connectivity index (χ0n) is 11.9. The lowest BCUT2D eigenvalue weighted by atomic mass is 9.66. The number of hydrogen-bond acceptors (Lipinski definition) is 0. The predicted molar refractivity (Wildman–Crippen MR) is 79.8 cm³/mol. The van der Waals surface area contributed by atoms with E-state index in [2.05, 4.69) is 32.3 Å². The van der Waals surface area contributed by atoms with E-state index in [0.717, 1.165) is 12.6 Å². The van der Waals surface area contributed by atoms with Crippen LogP contribution in [0.4, 0.5) is 4.39 Å². The van der Waals surface area contributed by atoms with Gasteiger partial charge in [0.1, 0.15) is 5.41 Å². The van der Waals surface area contributed by atoms with Gasteiger partial charge in [-0.1, -0.05) is 57.7 Å². The predicted octanol–water partition coefficient (Wildman–Crippen LogP) is 4.89. The second kappa shape index (κ2) is 4.81. The Hall–Kier alpha value is 0.790. The van der Waals surface area contributed by atoms with Gasteiger partial charge in [-0.2, -0.15) is 0 Å². The van der Waals surface area contributed by atoms with Gasteiger partial charge in [0.15, 0.2) is 0 Å². The highest BCUT2D eigenvalue weighted by atomic mass is 31.0. The normalized spacial score (nSPS) is 18.4. The highest BCUT2D eigenvalue weighted by molar-refractivity contribution is 7.18. The monoisotopic (exact) mass is 266 g/mol. The van der Waals surface area contributed by atoms with Crippen molar-refractivity contribution < 1.29 is 4.39 Å². The van der Waals surface area contributed by atoms with Crippen molar-refractivity contribution in [3.05, 3.63) is 0 Å². The third-order valence-corrected chi connectivity index (χ3v) is 6.30. The van der Waals surface area contributed by atoms with Crippen LogP contribution < -0.4 is 0 Å². The Bertz CT molecular complexity index is 237. The minimum Gasteiger partial charge on any atom is -0.238 e. The fraction of sp³-hybridized carbons (Fsp3) is 1.00. The molecule has 0 heterocycles. The van der Waals surface area contributed by atoms with Gasteiger partial charge in [0.2, 0.25) is 0 Å². The maximum atomic E-state index is 15.0. The molecule has 0 saturated carbocycles. The summed E-state index contributed by atoms with van der Waals surface area (Å²) in [5.41, 5.74) is -0.554. The minimum absolute atomic E-state index is 0.160. The Morgan fingerprint density at radius 1 is 0.938 bits per heavy atom. The van der Waals surface area contributed by atoms with Crippen molar-refractivity contribution in [3.63, 3.8) is 0 Å². The van der Waals surface area contributed by atoms with Gasteiger partial charge in [-0.15, -0.1) is 9.24 Å². The van der Waals surface area contributed by atoms with Crippen LogP contribution in [0, 0.1) is 16.2 Å². The fourth-order valence-corrected chi connectivity index (χ4v) is 2.66. The molecule has 0 nitrogen and oxygen atoms in total. The molecule has 0 N–H and O–H groups in total. The number of halogens is 1. The molecule has 3 atom stereocenters. The summed E-state index contributed by atoms with van der Waals surface area (Å²) in [4.78, 5) is 0. The number of hydrogen-bond donors (Lipinski definition) is 0. The molecule has 0 aliphatic heterocycles. The maximum absolute atomic E-state index is 15.0. The highest BCUT2D eigenvalue weighted by Crippen LogP contribution is 2.56. The van der Waals surface area contributed by atoms with Crippen molar-refractivity contribution in [1.82, 2.24) is 0 Å². The molecule has 98 valence electrons. The number of alkyl halides is 1. The van der Waals surface area contributed by atoms with Gasteiger partial charge < -0.3 is 0 Å². The number of rotatable bonds is 4. The molecule has 0 bridgehead atoms. The molecule has 0 aromatic heterocycles. The van der Waals surface area contributed by atoms with Gasteiger partial charge in [0.05, 0.1) is 0 Å². The summed E-state index contributed by atoms with van der Waals surface area (Å²) in [6.07, 6.45) is 1.88. The van der Waals surface area contributed by atoms with Crippen LogP contribution in [-0.4, -0.2) is 11.6 Å². The zero-order chi connectivity index (χ0) is 13.4. The molecule has 0 aromatic rings. The third-order valence-electron chi connectivity index (χ3n) is 3.55. The highest BCUT2D eigenvalue weighted by Gasteiger charge is 2.51. The second-order valence-corrected chi connectivity index (χ2v) is 8.59. The lowest BCUT2D eigenvalue weighted by Gasteiger charge is -2.49. The van der Waals surface area contributed by atoms with E-state index in [4.69, 9.17) is 0 Å². The summed E-state index contributed by atoms with van der Waals surface area (Å²) in [6.45, 7) is 14.4. The summed E-state index contributed by atoms with van der Waals surface area (Å²) >= 11 is 0. The van der Waals surface area contributed by atoms with E-state index >= 15 is 0 Å². The Morgan fingerprint density at radius 2 is 1.31 bits per heavy atom. The van der Waals surface area contributed by atoms with Gasteiger partial charge >= 0.3 is 0 Å². The first-order valence-corrected chi connectivity index (χ1v) is 7.34. The van der Waals surface area contributed by atoms with Crippen LogP contribution in [0.5, 0.6) is 0 Å². The van der Waals surface area contributed by atoms with Crippen molar-refractivity contribution in [2.24, 2.45) is 16.2 Å². The Balaban J connectivity index is 5.07. The van der Waals surface area contributed by atoms with E-state index in [0.29, 0.717) is 0 Å². The molecule has 0 aliphatic rings. The largest absolute Gasteiger partial charge is 0.238 e. The summed E-state index contributed by atoms with van der Waals surface area (Å²) in [7, 11) is 5.23. The summed E-state index contributed by atoms with van der Waals surface area (Å²) in [5.74, 6) is 0. The topological polar surface area (TPSA) is 0 Å². The van der Waals surface area contributed by atoms with Gasteiger partial charge in [-0.3, -0.25) is 0 Å². The lowest BCUT2D eigenvalue weighted by Crippen LogP contribution is -2.47. The maximum Gasteiger partial charge on any atom is 0.133 e. The molecule has 0 saturated heterocycles. The van der Waals surface area contributed by atoms with Crippen LogP contribution >= 0.6 is 18.5 Å². The molecule has 0 amide bonds. The van der Waals surface area contributed by atoms with E-state index in [-0.39, 0.29) is 16.2 Å². The van der Waals surface area contributed by atoms with Crippen LogP contribution in [-0.2, 0) is 0 Å². The quantitative estimate of drug-likeness (QED) is 0.635. The molecule has 0 rings (SSSR count). The van der Waals surface area contributed by atoms with Crippen molar-refractivity contribution in [2.75, 3.05) is 6.16 Å². The Kier molecular flexibility index (Phi) is 5.05. The summed E-state index contributed by atoms with van der Waals surface area (Å²) in [6, 6.07) is 0. The Labute approximate surface area is 106 Å². The second-order valence-electron chi connectivity index (χ2n) is 7.39. The first-order valence-electron chi connectivity index (χ1n) is 5.95. The van der Waals surface area contributed by atoms with Crippen LogP contribution in [0.25, 0.3) is 0 Å². The average Bonchev–Trinajstić information content (AvgIpc) is 2.00. The molecule has 3 unspecified atom stereocenters. The third kappa shape index (κ3) is 3.64. The van der Waals surface area contributed by atoms with Crippen molar-refractivity contribution in [2.45, 2.75) is 60.3 Å². The SMILES string of the molecule is CC(C)(CP)CC(C)(C)C(F)(P)C(C)(C)C. The minimum atomic E-state index is -1.25. The summed E-state index contributed by atoms with van der Waals surface area (Å²) in [5, 5.41) is -1.25. The smallest absolute Gasteiger partial charge is 0.133 e. The van der Waals surface area contributed by atoms with Crippen LogP contribution in [0.15, 0.2) is 0 Å². The van der Waals surface area contributed by atoms with Gasteiger partial charge in [0, 0.05) is 5.41 Å². The van der Waals surface area contributed by atoms with Crippen LogP contribution in [0.2, 0.25) is 0 Å². The first kappa shape index (κ1) is 16.8. The Morgan fingerprint density at radius 3 is 1.56 bits per heavy atom. The molecule has 16 heavy (non-hydrogen) atoms. The van der Waals surface area contributed by atoms with E-state index in [1.807, 2.05) is 34.6 Å². The van der Waals surface area contributed by atoms with E-state index < -0.39 is 5.41 Å². The van der Waals surface area contributed by atoms with Gasteiger partial charge in [-0.25, -0.2) is 4.39 Å². The van der Waals surface area contributed by atoms with Crippen molar-refractivity contribution >= 4 is 18.5 Å². The molecular weight excluding hydrogens is 237 g/mol. The van der Waals surface area contributed by atoms with Crippen molar-refractivity contribution in [1.29, 1.82) is 0 Å². The average molecular weight is 266 g/mol. The molecule has 3 heteroatoms. The molecule has 0 aliphatic carbocycles. The molecule has 0 fully saturated rings.